The number of nitrogens with zero attached hydrogens (tertiary/aromatic N) is 2. The van der Waals surface area contributed by atoms with Crippen LogP contribution in [-0.4, -0.2) is 22.6 Å². The predicted octanol–water partition coefficient (Wildman–Crippen LogP) is 3.30. The molecule has 2 bridgehead atoms. The molecular weight excluding hydrogens is 354 g/mol. The lowest BCUT2D eigenvalue weighted by Gasteiger charge is -2.20. The molecule has 2 saturated carbocycles. The summed E-state index contributed by atoms with van der Waals surface area (Å²) in [6.07, 6.45) is 9.59. The van der Waals surface area contributed by atoms with Crippen molar-refractivity contribution < 1.29 is 13.9 Å². The fourth-order valence-corrected chi connectivity index (χ4v) is 5.02. The van der Waals surface area contributed by atoms with E-state index < -0.39 is 0 Å². The molecule has 28 heavy (non-hydrogen) atoms. The van der Waals surface area contributed by atoms with Gasteiger partial charge in [-0.3, -0.25) is 4.79 Å². The van der Waals surface area contributed by atoms with Crippen LogP contribution in [0.5, 0.6) is 5.75 Å². The lowest BCUT2D eigenvalue weighted by atomic mass is 9.89. The Morgan fingerprint density at radius 2 is 2.00 bits per heavy atom. The fraction of sp³-hybridized carbons (Fsp3) is 0.500. The van der Waals surface area contributed by atoms with Gasteiger partial charge >= 0.3 is 0 Å². The van der Waals surface area contributed by atoms with Gasteiger partial charge in [0.25, 0.3) is 5.89 Å². The van der Waals surface area contributed by atoms with Crippen LogP contribution in [-0.2, 0) is 17.8 Å². The Morgan fingerprint density at radius 3 is 2.79 bits per heavy atom. The molecule has 146 valence electrons. The van der Waals surface area contributed by atoms with Crippen molar-refractivity contribution in [2.45, 2.75) is 38.7 Å². The maximum absolute atomic E-state index is 12.2. The third kappa shape index (κ3) is 3.32. The van der Waals surface area contributed by atoms with E-state index in [1.165, 1.54) is 19.3 Å². The largest absolute Gasteiger partial charge is 0.484 e. The fourth-order valence-electron chi connectivity index (χ4n) is 5.02. The van der Waals surface area contributed by atoms with Gasteiger partial charge in [-0.05, 0) is 54.6 Å². The molecule has 6 nitrogen and oxygen atoms in total. The average Bonchev–Trinajstić information content (AvgIpc) is 3.16. The molecule has 3 aliphatic carbocycles. The second-order valence-electron chi connectivity index (χ2n) is 8.24. The molecule has 3 aliphatic rings. The van der Waals surface area contributed by atoms with E-state index in [1.54, 1.807) is 0 Å². The summed E-state index contributed by atoms with van der Waals surface area (Å²) in [5, 5.41) is 11.1. The van der Waals surface area contributed by atoms with Gasteiger partial charge < -0.3 is 14.5 Å². The van der Waals surface area contributed by atoms with Crippen LogP contribution in [0.2, 0.25) is 0 Å². The topological polar surface area (TPSA) is 77.2 Å². The summed E-state index contributed by atoms with van der Waals surface area (Å²) >= 11 is 0. The van der Waals surface area contributed by atoms with Crippen molar-refractivity contribution in [1.29, 1.82) is 0 Å². The number of allylic oxidation sites excluding steroid dienone is 2. The summed E-state index contributed by atoms with van der Waals surface area (Å²) in [5.41, 5.74) is 0.581. The highest BCUT2D eigenvalue weighted by molar-refractivity contribution is 5.76. The number of rotatable bonds is 8. The van der Waals surface area contributed by atoms with Crippen molar-refractivity contribution in [3.05, 3.63) is 54.3 Å². The molecule has 0 unspecified atom stereocenters. The smallest absolute Gasteiger partial charge is 0.253 e. The first-order valence-corrected chi connectivity index (χ1v) is 10.2. The lowest BCUT2D eigenvalue weighted by Crippen LogP contribution is -2.31. The Labute approximate surface area is 164 Å². The van der Waals surface area contributed by atoms with Gasteiger partial charge in [-0.2, -0.15) is 0 Å². The van der Waals surface area contributed by atoms with Crippen LogP contribution >= 0.6 is 0 Å². The molecule has 0 aliphatic heterocycles. The van der Waals surface area contributed by atoms with Crippen LogP contribution in [0.15, 0.2) is 46.9 Å². The summed E-state index contributed by atoms with van der Waals surface area (Å²) in [7, 11) is 0. The highest BCUT2D eigenvalue weighted by Crippen LogP contribution is 2.69. The Hall–Kier alpha value is -2.63. The molecule has 0 saturated heterocycles. The van der Waals surface area contributed by atoms with E-state index in [0.29, 0.717) is 41.9 Å². The zero-order valence-corrected chi connectivity index (χ0v) is 15.8. The summed E-state index contributed by atoms with van der Waals surface area (Å²) < 4.78 is 11.2. The van der Waals surface area contributed by atoms with Crippen molar-refractivity contribution >= 4 is 5.91 Å². The van der Waals surface area contributed by atoms with Crippen molar-refractivity contribution in [2.75, 3.05) is 6.54 Å². The maximum atomic E-state index is 12.2. The van der Waals surface area contributed by atoms with Gasteiger partial charge in [-0.25, -0.2) is 0 Å². The first-order chi connectivity index (χ1) is 13.7. The van der Waals surface area contributed by atoms with E-state index in [0.717, 1.165) is 18.2 Å². The van der Waals surface area contributed by atoms with E-state index in [9.17, 15) is 4.79 Å². The van der Waals surface area contributed by atoms with Gasteiger partial charge in [0.2, 0.25) is 11.8 Å². The first kappa shape index (κ1) is 17.5. The van der Waals surface area contributed by atoms with Gasteiger partial charge in [0.05, 0.1) is 0 Å². The van der Waals surface area contributed by atoms with Crippen LogP contribution < -0.4 is 10.1 Å². The molecule has 1 amide bonds. The van der Waals surface area contributed by atoms with Gasteiger partial charge in [0.1, 0.15) is 5.75 Å². The molecule has 1 spiro atoms. The third-order valence-electron chi connectivity index (χ3n) is 6.59. The summed E-state index contributed by atoms with van der Waals surface area (Å²) in [6.45, 7) is 1.01. The van der Waals surface area contributed by atoms with Gasteiger partial charge in [0.15, 0.2) is 6.61 Å². The van der Waals surface area contributed by atoms with Crippen LogP contribution in [0.3, 0.4) is 0 Å². The molecule has 6 heteroatoms. The number of amides is 1. The van der Waals surface area contributed by atoms with E-state index >= 15 is 0 Å². The number of ether oxygens (including phenoxy) is 1. The Bertz CT molecular complexity index is 872. The zero-order chi connectivity index (χ0) is 19.0. The van der Waals surface area contributed by atoms with E-state index in [1.807, 2.05) is 30.3 Å². The predicted molar refractivity (Wildman–Crippen MR) is 102 cm³/mol. The lowest BCUT2D eigenvalue weighted by molar-refractivity contribution is -0.121. The highest BCUT2D eigenvalue weighted by atomic mass is 16.5. The minimum absolute atomic E-state index is 0.0527. The number of aromatic nitrogens is 2. The van der Waals surface area contributed by atoms with Crippen LogP contribution in [0.1, 0.15) is 37.5 Å². The minimum atomic E-state index is 0.0527. The molecule has 3 atom stereocenters. The number of nitrogens with one attached hydrogen (secondary N) is 1. The van der Waals surface area contributed by atoms with Gasteiger partial charge in [0, 0.05) is 19.4 Å². The second-order valence-corrected chi connectivity index (χ2v) is 8.24. The van der Waals surface area contributed by atoms with Gasteiger partial charge in [-0.15, -0.1) is 10.2 Å². The highest BCUT2D eigenvalue weighted by Gasteiger charge is 2.62. The Balaban J connectivity index is 1.04. The molecular formula is C22H25N3O3. The summed E-state index contributed by atoms with van der Waals surface area (Å²) in [6, 6.07) is 9.49. The third-order valence-corrected chi connectivity index (χ3v) is 6.59. The Kier molecular flexibility index (Phi) is 4.41. The normalized spacial score (nSPS) is 25.9. The molecule has 2 fully saturated rings. The quantitative estimate of drug-likeness (QED) is 0.712. The van der Waals surface area contributed by atoms with Crippen LogP contribution in [0.25, 0.3) is 0 Å². The number of hydrogen-bond donors (Lipinski definition) is 1. The number of benzene rings is 1. The van der Waals surface area contributed by atoms with Crippen LogP contribution in [0, 0.1) is 23.2 Å². The van der Waals surface area contributed by atoms with Gasteiger partial charge in [-0.1, -0.05) is 30.4 Å². The molecule has 1 N–H and O–H groups in total. The van der Waals surface area contributed by atoms with E-state index in [-0.39, 0.29) is 12.5 Å². The maximum Gasteiger partial charge on any atom is 0.253 e. The number of carbonyl (C=O) groups is 1. The number of para-hydroxylation sites is 1. The molecule has 2 aromatic rings. The molecule has 5 rings (SSSR count). The first-order valence-electron chi connectivity index (χ1n) is 10.2. The van der Waals surface area contributed by atoms with Crippen molar-refractivity contribution in [3.8, 4) is 5.75 Å². The number of aryl methyl sites for hydroxylation is 1. The SMILES string of the molecule is O=C(CCc1nnc(COc2ccccc2)o1)NC[C@H]1C[C@H]2C=C[C@H]1C21CC1. The van der Waals surface area contributed by atoms with E-state index in [4.69, 9.17) is 9.15 Å². The molecule has 0 radical (unpaired) electrons. The summed E-state index contributed by atoms with van der Waals surface area (Å²) in [5.74, 6) is 3.74. The minimum Gasteiger partial charge on any atom is -0.484 e. The Morgan fingerprint density at radius 1 is 1.18 bits per heavy atom. The number of carbonyl (C=O) groups excluding carboxylic acids is 1. The molecule has 1 aromatic carbocycles. The zero-order valence-electron chi connectivity index (χ0n) is 15.8. The monoisotopic (exact) mass is 379 g/mol. The molecule has 1 heterocycles. The average molecular weight is 379 g/mol. The summed E-state index contributed by atoms with van der Waals surface area (Å²) in [4.78, 5) is 12.2. The standard InChI is InChI=1S/C22H25N3O3/c26-19(23-13-15-12-16-6-7-18(15)22(16)10-11-22)8-9-20-24-25-21(28-20)14-27-17-4-2-1-3-5-17/h1-7,15-16,18H,8-14H2,(H,23,26)/t15-,16-,18-/m1/s1. The second kappa shape index (κ2) is 7.08. The van der Waals surface area contributed by atoms with Crippen molar-refractivity contribution in [2.24, 2.45) is 23.2 Å². The number of hydrogen-bond acceptors (Lipinski definition) is 5. The van der Waals surface area contributed by atoms with E-state index in [2.05, 4.69) is 27.7 Å². The van der Waals surface area contributed by atoms with Crippen molar-refractivity contribution in [3.63, 3.8) is 0 Å². The molecule has 1 aromatic heterocycles. The van der Waals surface area contributed by atoms with Crippen LogP contribution in [0.4, 0.5) is 0 Å². The van der Waals surface area contributed by atoms with Crippen molar-refractivity contribution in [1.82, 2.24) is 15.5 Å².